The molecule has 4 rings (SSSR count). The van der Waals surface area contributed by atoms with E-state index in [4.69, 9.17) is 4.74 Å². The standard InChI is InChI=1S/C21H23NO4S/c1-22(2)21(23)15-5-7-16(8-6-15)26-17-9-10-19-18(14-3-4-14)11-12-27(24,25)20(19)13-17/h5-10,13-14,18H,3-4,11-12H2,1-2H3. The summed E-state index contributed by atoms with van der Waals surface area (Å²) in [6, 6.07) is 12.3. The molecule has 0 aromatic heterocycles. The highest BCUT2D eigenvalue weighted by atomic mass is 32.2. The number of fused-ring (bicyclic) bond motifs is 1. The van der Waals surface area contributed by atoms with E-state index in [0.29, 0.717) is 33.8 Å². The monoisotopic (exact) mass is 385 g/mol. The van der Waals surface area contributed by atoms with Gasteiger partial charge in [-0.25, -0.2) is 8.42 Å². The smallest absolute Gasteiger partial charge is 0.253 e. The van der Waals surface area contributed by atoms with E-state index in [1.807, 2.05) is 12.1 Å². The molecule has 2 aromatic rings. The van der Waals surface area contributed by atoms with Crippen LogP contribution in [-0.2, 0) is 9.84 Å². The molecule has 1 saturated carbocycles. The largest absolute Gasteiger partial charge is 0.457 e. The fourth-order valence-corrected chi connectivity index (χ4v) is 5.41. The minimum absolute atomic E-state index is 0.0764. The Morgan fingerprint density at radius 1 is 1.00 bits per heavy atom. The molecule has 1 amide bonds. The molecule has 0 bridgehead atoms. The average molecular weight is 385 g/mol. The second-order valence-electron chi connectivity index (χ2n) is 7.58. The summed E-state index contributed by atoms with van der Waals surface area (Å²) < 4.78 is 31.0. The Hall–Kier alpha value is -2.34. The Labute approximate surface area is 159 Å². The quantitative estimate of drug-likeness (QED) is 0.802. The van der Waals surface area contributed by atoms with Gasteiger partial charge in [0.05, 0.1) is 10.6 Å². The summed E-state index contributed by atoms with van der Waals surface area (Å²) in [4.78, 5) is 13.9. The van der Waals surface area contributed by atoms with Crippen molar-refractivity contribution in [3.05, 3.63) is 53.6 Å². The molecule has 0 spiro atoms. The molecule has 1 unspecified atom stereocenters. The van der Waals surface area contributed by atoms with Crippen LogP contribution in [0.1, 0.15) is 41.1 Å². The Balaban J connectivity index is 1.59. The molecular formula is C21H23NO4S. The van der Waals surface area contributed by atoms with Gasteiger partial charge < -0.3 is 9.64 Å². The number of sulfone groups is 1. The summed E-state index contributed by atoms with van der Waals surface area (Å²) in [7, 11) is 0.154. The summed E-state index contributed by atoms with van der Waals surface area (Å²) in [5.74, 6) is 2.19. The summed E-state index contributed by atoms with van der Waals surface area (Å²) in [5.41, 5.74) is 1.52. The Kier molecular flexibility index (Phi) is 4.46. The first-order valence-corrected chi connectivity index (χ1v) is 10.9. The van der Waals surface area contributed by atoms with Crippen LogP contribution >= 0.6 is 0 Å². The molecular weight excluding hydrogens is 362 g/mol. The molecule has 1 atom stereocenters. The molecule has 2 aromatic carbocycles. The number of amides is 1. The van der Waals surface area contributed by atoms with Gasteiger partial charge in [0.25, 0.3) is 5.91 Å². The van der Waals surface area contributed by atoms with Crippen LogP contribution in [0.3, 0.4) is 0 Å². The second kappa shape index (κ2) is 6.68. The molecule has 0 saturated heterocycles. The topological polar surface area (TPSA) is 63.7 Å². The first-order chi connectivity index (χ1) is 12.8. The predicted molar refractivity (Wildman–Crippen MR) is 103 cm³/mol. The van der Waals surface area contributed by atoms with Crippen LogP contribution < -0.4 is 4.74 Å². The van der Waals surface area contributed by atoms with Gasteiger partial charge in [-0.05, 0) is 73.1 Å². The number of ether oxygens (including phenoxy) is 1. The van der Waals surface area contributed by atoms with Crippen molar-refractivity contribution in [1.29, 1.82) is 0 Å². The van der Waals surface area contributed by atoms with Gasteiger partial charge >= 0.3 is 0 Å². The maximum atomic E-state index is 12.6. The SMILES string of the molecule is CN(C)C(=O)c1ccc(Oc2ccc3c(c2)S(=O)(=O)CCC3C2CC2)cc1. The lowest BCUT2D eigenvalue weighted by Crippen LogP contribution is -2.21. The van der Waals surface area contributed by atoms with Crippen molar-refractivity contribution in [1.82, 2.24) is 4.90 Å². The number of carbonyl (C=O) groups excluding carboxylic acids is 1. The van der Waals surface area contributed by atoms with Crippen LogP contribution in [0.4, 0.5) is 0 Å². The third-order valence-electron chi connectivity index (χ3n) is 5.35. The van der Waals surface area contributed by atoms with Crippen molar-refractivity contribution < 1.29 is 17.9 Å². The molecule has 0 N–H and O–H groups in total. The molecule has 2 aliphatic rings. The molecule has 6 heteroatoms. The summed E-state index contributed by atoms with van der Waals surface area (Å²) in [6.45, 7) is 0. The molecule has 0 radical (unpaired) electrons. The van der Waals surface area contributed by atoms with Crippen LogP contribution in [0.2, 0.25) is 0 Å². The molecule has 142 valence electrons. The van der Waals surface area contributed by atoms with Gasteiger partial charge in [-0.1, -0.05) is 6.07 Å². The number of hydrogen-bond acceptors (Lipinski definition) is 4. The molecule has 1 aliphatic carbocycles. The van der Waals surface area contributed by atoms with Crippen LogP contribution in [0.5, 0.6) is 11.5 Å². The van der Waals surface area contributed by atoms with E-state index in [-0.39, 0.29) is 11.7 Å². The maximum absolute atomic E-state index is 12.6. The zero-order valence-electron chi connectivity index (χ0n) is 15.5. The molecule has 5 nitrogen and oxygen atoms in total. The number of rotatable bonds is 4. The van der Waals surface area contributed by atoms with E-state index in [9.17, 15) is 13.2 Å². The van der Waals surface area contributed by atoms with Crippen LogP contribution in [0.25, 0.3) is 0 Å². The van der Waals surface area contributed by atoms with Crippen molar-refractivity contribution in [2.45, 2.75) is 30.1 Å². The van der Waals surface area contributed by atoms with Gasteiger partial charge in [0.2, 0.25) is 0 Å². The number of carbonyl (C=O) groups is 1. The third kappa shape index (κ3) is 3.58. The van der Waals surface area contributed by atoms with Gasteiger partial charge in [-0.15, -0.1) is 0 Å². The molecule has 1 aliphatic heterocycles. The van der Waals surface area contributed by atoms with Gasteiger partial charge in [-0.2, -0.15) is 0 Å². The molecule has 1 fully saturated rings. The van der Waals surface area contributed by atoms with Crippen molar-refractivity contribution in [3.63, 3.8) is 0 Å². The van der Waals surface area contributed by atoms with Crippen molar-refractivity contribution >= 4 is 15.7 Å². The van der Waals surface area contributed by atoms with Crippen molar-refractivity contribution in [2.75, 3.05) is 19.8 Å². The predicted octanol–water partition coefficient (Wildman–Crippen LogP) is 3.85. The highest BCUT2D eigenvalue weighted by Crippen LogP contribution is 2.49. The first kappa shape index (κ1) is 18.0. The lowest BCUT2D eigenvalue weighted by atomic mass is 9.91. The third-order valence-corrected chi connectivity index (χ3v) is 7.15. The number of benzene rings is 2. The van der Waals surface area contributed by atoms with E-state index in [0.717, 1.165) is 12.0 Å². The molecule has 27 heavy (non-hydrogen) atoms. The number of nitrogens with zero attached hydrogens (tertiary/aromatic N) is 1. The minimum atomic E-state index is -3.25. The van der Waals surface area contributed by atoms with Crippen LogP contribution in [0.15, 0.2) is 47.4 Å². The highest BCUT2D eigenvalue weighted by molar-refractivity contribution is 7.91. The van der Waals surface area contributed by atoms with E-state index < -0.39 is 9.84 Å². The summed E-state index contributed by atoms with van der Waals surface area (Å²) >= 11 is 0. The van der Waals surface area contributed by atoms with Crippen LogP contribution in [-0.4, -0.2) is 39.1 Å². The van der Waals surface area contributed by atoms with E-state index >= 15 is 0 Å². The highest BCUT2D eigenvalue weighted by Gasteiger charge is 2.39. The van der Waals surface area contributed by atoms with Gasteiger partial charge in [0.15, 0.2) is 9.84 Å². The maximum Gasteiger partial charge on any atom is 0.253 e. The fourth-order valence-electron chi connectivity index (χ4n) is 3.75. The number of hydrogen-bond donors (Lipinski definition) is 0. The van der Waals surface area contributed by atoms with Gasteiger partial charge in [-0.3, -0.25) is 4.79 Å². The Bertz CT molecular complexity index is 976. The minimum Gasteiger partial charge on any atom is -0.457 e. The first-order valence-electron chi connectivity index (χ1n) is 9.21. The lowest BCUT2D eigenvalue weighted by Gasteiger charge is -2.25. The second-order valence-corrected chi connectivity index (χ2v) is 9.65. The average Bonchev–Trinajstić information content (AvgIpc) is 3.47. The van der Waals surface area contributed by atoms with Crippen LogP contribution in [0, 0.1) is 5.92 Å². The Morgan fingerprint density at radius 3 is 2.30 bits per heavy atom. The van der Waals surface area contributed by atoms with E-state index in [2.05, 4.69) is 0 Å². The summed E-state index contributed by atoms with van der Waals surface area (Å²) in [6.07, 6.45) is 3.11. The zero-order valence-corrected chi connectivity index (χ0v) is 16.3. The van der Waals surface area contributed by atoms with E-state index in [1.54, 1.807) is 44.4 Å². The van der Waals surface area contributed by atoms with E-state index in [1.165, 1.54) is 17.7 Å². The summed E-state index contributed by atoms with van der Waals surface area (Å²) in [5, 5.41) is 0. The van der Waals surface area contributed by atoms with Gasteiger partial charge in [0, 0.05) is 19.7 Å². The zero-order chi connectivity index (χ0) is 19.2. The molecule has 1 heterocycles. The van der Waals surface area contributed by atoms with Crippen molar-refractivity contribution in [3.8, 4) is 11.5 Å². The Morgan fingerprint density at radius 2 is 1.67 bits per heavy atom. The van der Waals surface area contributed by atoms with Crippen molar-refractivity contribution in [2.24, 2.45) is 5.92 Å². The van der Waals surface area contributed by atoms with Gasteiger partial charge in [0.1, 0.15) is 11.5 Å². The lowest BCUT2D eigenvalue weighted by molar-refractivity contribution is 0.0827. The fraction of sp³-hybridized carbons (Fsp3) is 0.381. The normalized spacial score (nSPS) is 20.6.